The van der Waals surface area contributed by atoms with Crippen LogP contribution < -0.4 is 0 Å². The first kappa shape index (κ1) is 10.7. The van der Waals surface area contributed by atoms with Crippen LogP contribution in [0.1, 0.15) is 5.56 Å². The van der Waals surface area contributed by atoms with Crippen LogP contribution in [0.4, 0.5) is 10.1 Å². The van der Waals surface area contributed by atoms with Crippen LogP contribution in [-0.2, 0) is 6.42 Å². The van der Waals surface area contributed by atoms with Crippen LogP contribution in [0.2, 0.25) is 0 Å². The Morgan fingerprint density at radius 3 is 2.86 bits per heavy atom. The Morgan fingerprint density at radius 2 is 2.36 bits per heavy atom. The minimum atomic E-state index is -0.725. The topological polar surface area (TPSA) is 24.6 Å². The maximum Gasteiger partial charge on any atom is 0.262 e. The Morgan fingerprint density at radius 1 is 1.71 bits per heavy atom. The van der Waals surface area contributed by atoms with E-state index in [9.17, 15) is 9.50 Å². The lowest BCUT2D eigenvalue weighted by Crippen LogP contribution is -1.88. The van der Waals surface area contributed by atoms with Gasteiger partial charge in [0.25, 0.3) is 5.69 Å². The zero-order chi connectivity index (χ0) is 10.7. The molecule has 0 fully saturated rings. The van der Waals surface area contributed by atoms with Crippen LogP contribution in [0.15, 0.2) is 23.2 Å². The summed E-state index contributed by atoms with van der Waals surface area (Å²) in [6, 6.07) is 1.17. The average molecular weight is 256 g/mol. The number of rotatable bonds is 2. The van der Waals surface area contributed by atoms with Crippen molar-refractivity contribution < 1.29 is 9.50 Å². The molecule has 1 aromatic carbocycles. The van der Waals surface area contributed by atoms with Gasteiger partial charge in [0.1, 0.15) is 11.6 Å². The molecule has 2 nitrogen and oxygen atoms in total. The monoisotopic (exact) mass is 255 g/mol. The molecule has 72 valence electrons. The average Bonchev–Trinajstić information content (AvgIpc) is 2.12. The predicted molar refractivity (Wildman–Crippen MR) is 55.9 cm³/mol. The summed E-state index contributed by atoms with van der Waals surface area (Å²) in [5.41, 5.74) is 0.137. The second-order valence-electron chi connectivity index (χ2n) is 2.62. The summed E-state index contributed by atoms with van der Waals surface area (Å²) in [7, 11) is 0. The van der Waals surface area contributed by atoms with Gasteiger partial charge in [0.05, 0.1) is 6.57 Å². The van der Waals surface area contributed by atoms with E-state index in [2.05, 4.69) is 27.4 Å². The molecule has 1 N–H and O–H groups in total. The van der Waals surface area contributed by atoms with Crippen molar-refractivity contribution in [2.75, 3.05) is 0 Å². The second kappa shape index (κ2) is 4.25. The predicted octanol–water partition coefficient (Wildman–Crippen LogP) is 3.57. The number of hydrogen-bond acceptors (Lipinski definition) is 1. The molecule has 1 rings (SSSR count). The Labute approximate surface area is 89.6 Å². The minimum absolute atomic E-state index is 0.313. The summed E-state index contributed by atoms with van der Waals surface area (Å²) >= 11 is 3.11. The lowest BCUT2D eigenvalue weighted by Gasteiger charge is -2.07. The van der Waals surface area contributed by atoms with Crippen molar-refractivity contribution in [3.05, 3.63) is 46.0 Å². The highest BCUT2D eigenvalue weighted by Crippen LogP contribution is 2.38. The Kier molecular flexibility index (Phi) is 3.26. The minimum Gasteiger partial charge on any atom is -0.519 e. The highest BCUT2D eigenvalue weighted by atomic mass is 79.9. The third kappa shape index (κ3) is 1.78. The molecule has 0 atom stereocenters. The first-order valence-electron chi connectivity index (χ1n) is 3.80. The summed E-state index contributed by atoms with van der Waals surface area (Å²) in [6.07, 6.45) is 1.96. The molecule has 0 spiro atoms. The Balaban J connectivity index is 3.45. The van der Waals surface area contributed by atoms with Gasteiger partial charge >= 0.3 is 0 Å². The molecular weight excluding hydrogens is 249 g/mol. The Bertz CT molecular complexity index is 423. The van der Waals surface area contributed by atoms with Crippen molar-refractivity contribution in [3.63, 3.8) is 0 Å². The Hall–Kier alpha value is -1.34. The number of halogens is 2. The fraction of sp³-hybridized carbons (Fsp3) is 0.100. The van der Waals surface area contributed by atoms with E-state index in [0.29, 0.717) is 16.5 Å². The van der Waals surface area contributed by atoms with Gasteiger partial charge in [-0.25, -0.2) is 9.24 Å². The van der Waals surface area contributed by atoms with Gasteiger partial charge in [-0.2, -0.15) is 0 Å². The molecule has 0 aliphatic carbocycles. The summed E-state index contributed by atoms with van der Waals surface area (Å²) in [4.78, 5) is 2.92. The third-order valence-electron chi connectivity index (χ3n) is 1.74. The van der Waals surface area contributed by atoms with E-state index in [4.69, 9.17) is 6.57 Å². The quantitative estimate of drug-likeness (QED) is 0.634. The zero-order valence-corrected chi connectivity index (χ0v) is 8.81. The van der Waals surface area contributed by atoms with Crippen molar-refractivity contribution in [2.24, 2.45) is 0 Å². The first-order valence-corrected chi connectivity index (χ1v) is 4.59. The number of hydrogen-bond donors (Lipinski definition) is 1. The maximum atomic E-state index is 13.1. The van der Waals surface area contributed by atoms with Gasteiger partial charge in [0.2, 0.25) is 0 Å². The van der Waals surface area contributed by atoms with Gasteiger partial charge in [0, 0.05) is 10.0 Å². The highest BCUT2D eigenvalue weighted by molar-refractivity contribution is 9.10. The summed E-state index contributed by atoms with van der Waals surface area (Å²) < 4.78 is 13.5. The lowest BCUT2D eigenvalue weighted by atomic mass is 10.1. The van der Waals surface area contributed by atoms with Crippen molar-refractivity contribution >= 4 is 21.6 Å². The van der Waals surface area contributed by atoms with Crippen LogP contribution in [0.5, 0.6) is 5.75 Å². The first-order chi connectivity index (χ1) is 6.61. The third-order valence-corrected chi connectivity index (χ3v) is 2.45. The van der Waals surface area contributed by atoms with E-state index in [1.807, 2.05) is 0 Å². The van der Waals surface area contributed by atoms with Crippen LogP contribution in [0, 0.1) is 12.4 Å². The summed E-state index contributed by atoms with van der Waals surface area (Å²) in [5, 5.41) is 9.55. The van der Waals surface area contributed by atoms with Gasteiger partial charge < -0.3 is 5.11 Å². The molecule has 0 radical (unpaired) electrons. The molecule has 0 aromatic heterocycles. The zero-order valence-electron chi connectivity index (χ0n) is 7.22. The summed E-state index contributed by atoms with van der Waals surface area (Å²) in [6.45, 7) is 10.2. The molecular formula is C10H7BrFNO. The standard InChI is InChI=1S/C10H7BrFNO/c1-3-4-6-7(11)5-8(12)9(13-2)10(6)14/h3,5,14H,1,4H2. The fourth-order valence-corrected chi connectivity index (χ4v) is 1.63. The number of allylic oxidation sites excluding steroid dienone is 1. The van der Waals surface area contributed by atoms with Gasteiger partial charge in [-0.05, 0) is 12.5 Å². The van der Waals surface area contributed by atoms with Gasteiger partial charge in [-0.3, -0.25) is 0 Å². The van der Waals surface area contributed by atoms with Crippen LogP contribution in [-0.4, -0.2) is 5.11 Å². The maximum absolute atomic E-state index is 13.1. The molecule has 0 saturated heterocycles. The second-order valence-corrected chi connectivity index (χ2v) is 3.47. The molecule has 0 aliphatic heterocycles. The molecule has 0 unspecified atom stereocenters. The van der Waals surface area contributed by atoms with Gasteiger partial charge in [-0.15, -0.1) is 6.58 Å². The van der Waals surface area contributed by atoms with E-state index in [1.54, 1.807) is 6.08 Å². The van der Waals surface area contributed by atoms with Crippen LogP contribution in [0.25, 0.3) is 4.85 Å². The highest BCUT2D eigenvalue weighted by Gasteiger charge is 2.15. The van der Waals surface area contributed by atoms with E-state index in [-0.39, 0.29) is 11.4 Å². The molecule has 0 aliphatic rings. The largest absolute Gasteiger partial charge is 0.519 e. The summed E-state index contributed by atoms with van der Waals surface area (Å²) in [5.74, 6) is -1.04. The molecule has 4 heteroatoms. The van der Waals surface area contributed by atoms with Crippen molar-refractivity contribution in [1.82, 2.24) is 0 Å². The lowest BCUT2D eigenvalue weighted by molar-refractivity contribution is 0.467. The number of aromatic hydroxyl groups is 1. The molecule has 0 bridgehead atoms. The molecule has 0 saturated carbocycles. The van der Waals surface area contributed by atoms with Crippen molar-refractivity contribution in [1.29, 1.82) is 0 Å². The van der Waals surface area contributed by atoms with E-state index >= 15 is 0 Å². The molecule has 14 heavy (non-hydrogen) atoms. The number of phenols is 1. The van der Waals surface area contributed by atoms with E-state index in [0.717, 1.165) is 0 Å². The SMILES string of the molecule is [C-]#[N+]c1c(F)cc(Br)c(CC=C)c1O. The normalized spacial score (nSPS) is 9.50. The molecule has 0 heterocycles. The van der Waals surface area contributed by atoms with E-state index in [1.165, 1.54) is 6.07 Å². The molecule has 1 aromatic rings. The fourth-order valence-electron chi connectivity index (χ4n) is 1.08. The van der Waals surface area contributed by atoms with Gasteiger partial charge in [0.15, 0.2) is 0 Å². The van der Waals surface area contributed by atoms with Crippen molar-refractivity contribution in [2.45, 2.75) is 6.42 Å². The van der Waals surface area contributed by atoms with E-state index < -0.39 is 5.82 Å². The van der Waals surface area contributed by atoms with Crippen LogP contribution in [0.3, 0.4) is 0 Å². The van der Waals surface area contributed by atoms with Crippen LogP contribution >= 0.6 is 15.9 Å². The number of benzene rings is 1. The number of nitrogens with zero attached hydrogens (tertiary/aromatic N) is 1. The smallest absolute Gasteiger partial charge is 0.262 e. The molecule has 0 amide bonds. The number of phenolic OH excluding ortho intramolecular Hbond substituents is 1. The van der Waals surface area contributed by atoms with Crippen molar-refractivity contribution in [3.8, 4) is 5.75 Å². The van der Waals surface area contributed by atoms with Gasteiger partial charge in [-0.1, -0.05) is 22.0 Å².